The highest BCUT2D eigenvalue weighted by Gasteiger charge is 2.09. The second kappa shape index (κ2) is 12.8. The fourth-order valence-corrected chi connectivity index (χ4v) is 4.40. The number of unbranched alkanes of at least 4 members (excludes halogenated alkanes) is 3. The topological polar surface area (TPSA) is 45.9 Å². The van der Waals surface area contributed by atoms with Gasteiger partial charge in [-0.25, -0.2) is 4.39 Å². The summed E-state index contributed by atoms with van der Waals surface area (Å²) < 4.78 is 21.0. The van der Waals surface area contributed by atoms with Gasteiger partial charge in [-0.15, -0.1) is 0 Å². The molecule has 0 aliphatic carbocycles. The zero-order valence-corrected chi connectivity index (χ0v) is 21.0. The molecular weight excluding hydrogens is 447 g/mol. The summed E-state index contributed by atoms with van der Waals surface area (Å²) in [5.74, 6) is 0.686. The van der Waals surface area contributed by atoms with E-state index in [2.05, 4.69) is 24.0 Å². The third kappa shape index (κ3) is 6.92. The quantitative estimate of drug-likeness (QED) is 0.195. The molecule has 0 radical (unpaired) electrons. The molecule has 0 saturated carbocycles. The molecule has 0 N–H and O–H groups in total. The molecular formula is C32H33FN2O. The molecule has 0 saturated heterocycles. The van der Waals surface area contributed by atoms with Gasteiger partial charge in [0, 0.05) is 11.1 Å². The largest absolute Gasteiger partial charge is 0.492 e. The molecule has 0 fully saturated rings. The monoisotopic (exact) mass is 480 g/mol. The molecule has 3 aromatic carbocycles. The van der Waals surface area contributed by atoms with E-state index < -0.39 is 0 Å². The van der Waals surface area contributed by atoms with E-state index in [9.17, 15) is 0 Å². The van der Waals surface area contributed by atoms with Gasteiger partial charge in [-0.05, 0) is 78.4 Å². The zero-order valence-electron chi connectivity index (χ0n) is 21.0. The van der Waals surface area contributed by atoms with E-state index in [-0.39, 0.29) is 5.82 Å². The number of nitriles is 1. The van der Waals surface area contributed by atoms with Crippen molar-refractivity contribution in [3.8, 4) is 11.8 Å². The number of rotatable bonds is 12. The summed E-state index contributed by atoms with van der Waals surface area (Å²) in [7, 11) is 0. The SMILES string of the molecule is CCCCCCOc1ccc(CCc2ccc3c(F)c(CCc4ccc(C#N)cc4)ccc3c2)nc1. The molecule has 4 heteroatoms. The third-order valence-electron chi connectivity index (χ3n) is 6.60. The second-order valence-electron chi connectivity index (χ2n) is 9.30. The minimum Gasteiger partial charge on any atom is -0.492 e. The van der Waals surface area contributed by atoms with Gasteiger partial charge in [-0.2, -0.15) is 5.26 Å². The smallest absolute Gasteiger partial charge is 0.137 e. The first-order valence-electron chi connectivity index (χ1n) is 12.9. The molecule has 1 aromatic heterocycles. The highest BCUT2D eigenvalue weighted by atomic mass is 19.1. The van der Waals surface area contributed by atoms with Gasteiger partial charge >= 0.3 is 0 Å². The van der Waals surface area contributed by atoms with Crippen LogP contribution >= 0.6 is 0 Å². The molecule has 0 spiro atoms. The molecule has 0 amide bonds. The number of fused-ring (bicyclic) bond motifs is 1. The predicted octanol–water partition coefficient (Wildman–Crippen LogP) is 7.78. The lowest BCUT2D eigenvalue weighted by Crippen LogP contribution is -1.99. The van der Waals surface area contributed by atoms with Gasteiger partial charge in [0.15, 0.2) is 0 Å². The zero-order chi connectivity index (χ0) is 25.2. The summed E-state index contributed by atoms with van der Waals surface area (Å²) >= 11 is 0. The first-order chi connectivity index (χ1) is 17.7. The summed E-state index contributed by atoms with van der Waals surface area (Å²) in [5.41, 5.74) is 4.66. The van der Waals surface area contributed by atoms with Crippen LogP contribution in [0.2, 0.25) is 0 Å². The van der Waals surface area contributed by atoms with Gasteiger partial charge in [0.05, 0.1) is 24.4 Å². The van der Waals surface area contributed by atoms with Crippen molar-refractivity contribution in [1.29, 1.82) is 5.26 Å². The molecule has 0 bridgehead atoms. The Kier molecular flexibility index (Phi) is 9.05. The Morgan fingerprint density at radius 1 is 0.833 bits per heavy atom. The number of pyridine rings is 1. The molecule has 1 heterocycles. The molecule has 36 heavy (non-hydrogen) atoms. The van der Waals surface area contributed by atoms with Crippen LogP contribution in [0.25, 0.3) is 10.8 Å². The average molecular weight is 481 g/mol. The number of hydrogen-bond donors (Lipinski definition) is 0. The van der Waals surface area contributed by atoms with Crippen molar-refractivity contribution < 1.29 is 9.13 Å². The van der Waals surface area contributed by atoms with Crippen LogP contribution in [0, 0.1) is 17.1 Å². The van der Waals surface area contributed by atoms with E-state index in [4.69, 9.17) is 10.00 Å². The minimum atomic E-state index is -0.139. The maximum Gasteiger partial charge on any atom is 0.137 e. The normalized spacial score (nSPS) is 10.9. The first kappa shape index (κ1) is 25.4. The van der Waals surface area contributed by atoms with Crippen molar-refractivity contribution in [2.24, 2.45) is 0 Å². The highest BCUT2D eigenvalue weighted by molar-refractivity contribution is 5.84. The van der Waals surface area contributed by atoms with Crippen molar-refractivity contribution in [3.63, 3.8) is 0 Å². The Bertz CT molecular complexity index is 1310. The average Bonchev–Trinajstić information content (AvgIpc) is 2.92. The van der Waals surface area contributed by atoms with Crippen molar-refractivity contribution in [2.45, 2.75) is 58.3 Å². The summed E-state index contributed by atoms with van der Waals surface area (Å²) in [4.78, 5) is 4.55. The lowest BCUT2D eigenvalue weighted by molar-refractivity contribution is 0.304. The third-order valence-corrected chi connectivity index (χ3v) is 6.60. The van der Waals surface area contributed by atoms with Gasteiger partial charge in [0.1, 0.15) is 11.6 Å². The molecule has 0 atom stereocenters. The van der Waals surface area contributed by atoms with Gasteiger partial charge in [0.25, 0.3) is 0 Å². The van der Waals surface area contributed by atoms with Crippen molar-refractivity contribution >= 4 is 10.8 Å². The predicted molar refractivity (Wildman–Crippen MR) is 144 cm³/mol. The van der Waals surface area contributed by atoms with E-state index in [1.165, 1.54) is 24.8 Å². The van der Waals surface area contributed by atoms with Gasteiger partial charge in [-0.1, -0.05) is 68.7 Å². The van der Waals surface area contributed by atoms with E-state index in [0.717, 1.165) is 60.2 Å². The number of nitrogens with zero attached hydrogens (tertiary/aromatic N) is 2. The van der Waals surface area contributed by atoms with Crippen molar-refractivity contribution in [3.05, 3.63) is 107 Å². The molecule has 4 aromatic rings. The molecule has 3 nitrogen and oxygen atoms in total. The van der Waals surface area contributed by atoms with Crippen LogP contribution < -0.4 is 4.74 Å². The summed E-state index contributed by atoms with van der Waals surface area (Å²) in [6, 6.07) is 23.5. The molecule has 4 rings (SSSR count). The second-order valence-corrected chi connectivity index (χ2v) is 9.30. The Balaban J connectivity index is 1.32. The lowest BCUT2D eigenvalue weighted by Gasteiger charge is -2.09. The number of ether oxygens (including phenoxy) is 1. The summed E-state index contributed by atoms with van der Waals surface area (Å²) in [6.45, 7) is 2.95. The van der Waals surface area contributed by atoms with Gasteiger partial charge in [0.2, 0.25) is 0 Å². The van der Waals surface area contributed by atoms with Crippen LogP contribution in [0.15, 0.2) is 72.9 Å². The van der Waals surface area contributed by atoms with Crippen LogP contribution in [0.3, 0.4) is 0 Å². The molecule has 0 unspecified atom stereocenters. The Morgan fingerprint density at radius 2 is 1.64 bits per heavy atom. The number of halogens is 1. The van der Waals surface area contributed by atoms with Gasteiger partial charge < -0.3 is 4.74 Å². The minimum absolute atomic E-state index is 0.139. The maximum absolute atomic E-state index is 15.2. The van der Waals surface area contributed by atoms with Crippen molar-refractivity contribution in [1.82, 2.24) is 4.98 Å². The van der Waals surface area contributed by atoms with Crippen LogP contribution in [-0.4, -0.2) is 11.6 Å². The lowest BCUT2D eigenvalue weighted by atomic mass is 9.97. The van der Waals surface area contributed by atoms with E-state index in [0.29, 0.717) is 17.4 Å². The number of hydrogen-bond acceptors (Lipinski definition) is 3. The molecule has 184 valence electrons. The van der Waals surface area contributed by atoms with Crippen LogP contribution in [-0.2, 0) is 25.7 Å². The highest BCUT2D eigenvalue weighted by Crippen LogP contribution is 2.24. The Morgan fingerprint density at radius 3 is 2.39 bits per heavy atom. The fraction of sp³-hybridized carbons (Fsp3) is 0.312. The maximum atomic E-state index is 15.2. The first-order valence-corrected chi connectivity index (χ1v) is 12.9. The van der Waals surface area contributed by atoms with Crippen LogP contribution in [0.5, 0.6) is 5.75 Å². The molecule has 0 aliphatic rings. The van der Waals surface area contributed by atoms with E-state index >= 15 is 4.39 Å². The van der Waals surface area contributed by atoms with Crippen molar-refractivity contribution in [2.75, 3.05) is 6.61 Å². The summed E-state index contributed by atoms with van der Waals surface area (Å²) in [6.07, 6.45) is 9.61. The Labute approximate surface area is 213 Å². The standard InChI is InChI=1S/C32H33FN2O/c1-2-3-4-5-20-36-30-18-17-29(35-23-30)16-11-25-12-19-31-28(21-25)15-14-27(32(31)33)13-10-24-6-8-26(22-34)9-7-24/h6-9,12,14-15,17-19,21,23H,2-5,10-11,13,16,20H2,1H3. The van der Waals surface area contributed by atoms with E-state index in [1.807, 2.05) is 54.7 Å². The van der Waals surface area contributed by atoms with Crippen LogP contribution in [0.4, 0.5) is 4.39 Å². The van der Waals surface area contributed by atoms with Crippen LogP contribution in [0.1, 0.15) is 60.6 Å². The van der Waals surface area contributed by atoms with E-state index in [1.54, 1.807) is 12.1 Å². The number of benzene rings is 3. The molecule has 0 aliphatic heterocycles. The number of aromatic nitrogens is 1. The number of aryl methyl sites for hydroxylation is 4. The summed E-state index contributed by atoms with van der Waals surface area (Å²) in [5, 5.41) is 10.5. The Hall–Kier alpha value is -3.71. The van der Waals surface area contributed by atoms with Gasteiger partial charge in [-0.3, -0.25) is 4.98 Å². The fourth-order valence-electron chi connectivity index (χ4n) is 4.40.